The smallest absolute Gasteiger partial charge is 0.133 e. The number of hydrogen-bond acceptors (Lipinski definition) is 2. The molecule has 21 heavy (non-hydrogen) atoms. The molecule has 0 aliphatic heterocycles. The molecule has 3 rings (SSSR count). The van der Waals surface area contributed by atoms with Crippen molar-refractivity contribution < 1.29 is 4.74 Å². The monoisotopic (exact) mass is 364 g/mol. The maximum atomic E-state index is 6.18. The SMILES string of the molecule is Cn1nc(COc2cccc(Cl)c2CBr)c2ccccc21. The lowest BCUT2D eigenvalue weighted by molar-refractivity contribution is 0.299. The Bertz CT molecular complexity index is 785. The second-order valence-electron chi connectivity index (χ2n) is 4.73. The molecule has 0 saturated heterocycles. The number of benzene rings is 2. The van der Waals surface area contributed by atoms with Gasteiger partial charge in [0.15, 0.2) is 0 Å². The summed E-state index contributed by atoms with van der Waals surface area (Å²) in [5.74, 6) is 0.786. The van der Waals surface area contributed by atoms with Crippen LogP contribution in [0.4, 0.5) is 0 Å². The van der Waals surface area contributed by atoms with Gasteiger partial charge in [0, 0.05) is 28.4 Å². The summed E-state index contributed by atoms with van der Waals surface area (Å²) < 4.78 is 7.80. The minimum Gasteiger partial charge on any atom is -0.487 e. The van der Waals surface area contributed by atoms with Crippen molar-refractivity contribution >= 4 is 38.4 Å². The summed E-state index contributed by atoms with van der Waals surface area (Å²) in [5, 5.41) is 7.00. The van der Waals surface area contributed by atoms with Gasteiger partial charge in [-0.1, -0.05) is 51.8 Å². The van der Waals surface area contributed by atoms with Gasteiger partial charge < -0.3 is 4.74 Å². The molecule has 0 amide bonds. The number of hydrogen-bond donors (Lipinski definition) is 0. The topological polar surface area (TPSA) is 27.1 Å². The number of rotatable bonds is 4. The molecule has 0 spiro atoms. The van der Waals surface area contributed by atoms with E-state index in [1.54, 1.807) is 0 Å². The Morgan fingerprint density at radius 1 is 1.19 bits per heavy atom. The van der Waals surface area contributed by atoms with Crippen LogP contribution in [0.3, 0.4) is 0 Å². The summed E-state index contributed by atoms with van der Waals surface area (Å²) >= 11 is 9.63. The van der Waals surface area contributed by atoms with Crippen LogP contribution in [0.15, 0.2) is 42.5 Å². The first-order chi connectivity index (χ1) is 10.2. The highest BCUT2D eigenvalue weighted by atomic mass is 79.9. The summed E-state index contributed by atoms with van der Waals surface area (Å²) in [4.78, 5) is 0. The number of fused-ring (bicyclic) bond motifs is 1. The van der Waals surface area contributed by atoms with E-state index in [0.29, 0.717) is 17.0 Å². The van der Waals surface area contributed by atoms with Crippen LogP contribution in [0.25, 0.3) is 10.9 Å². The van der Waals surface area contributed by atoms with Crippen molar-refractivity contribution in [2.75, 3.05) is 0 Å². The predicted octanol–water partition coefficient (Wildman–Crippen LogP) is 4.70. The van der Waals surface area contributed by atoms with E-state index in [-0.39, 0.29) is 0 Å². The number of ether oxygens (including phenoxy) is 1. The number of nitrogens with zero attached hydrogens (tertiary/aromatic N) is 2. The van der Waals surface area contributed by atoms with Crippen molar-refractivity contribution in [1.29, 1.82) is 0 Å². The van der Waals surface area contributed by atoms with Crippen LogP contribution >= 0.6 is 27.5 Å². The van der Waals surface area contributed by atoms with Crippen molar-refractivity contribution in [2.24, 2.45) is 7.05 Å². The summed E-state index contributed by atoms with van der Waals surface area (Å²) in [6.45, 7) is 0.418. The Balaban J connectivity index is 1.89. The standard InChI is InChI=1S/C16H14BrClN2O/c1-20-15-7-3-2-5-11(15)14(19-20)10-21-16-8-4-6-13(18)12(16)9-17/h2-8H,9-10H2,1H3. The molecule has 1 aromatic heterocycles. The second kappa shape index (κ2) is 6.08. The number of para-hydroxylation sites is 1. The number of aryl methyl sites for hydroxylation is 1. The lowest BCUT2D eigenvalue weighted by Crippen LogP contribution is -2.00. The first-order valence-corrected chi connectivity index (χ1v) is 8.07. The Morgan fingerprint density at radius 2 is 2.00 bits per heavy atom. The average molecular weight is 366 g/mol. The largest absolute Gasteiger partial charge is 0.487 e. The lowest BCUT2D eigenvalue weighted by Gasteiger charge is -2.10. The van der Waals surface area contributed by atoms with Crippen molar-refractivity contribution in [3.63, 3.8) is 0 Å². The Kier molecular flexibility index (Phi) is 4.17. The molecule has 0 radical (unpaired) electrons. The highest BCUT2D eigenvalue weighted by Crippen LogP contribution is 2.29. The van der Waals surface area contributed by atoms with E-state index in [1.165, 1.54) is 0 Å². The van der Waals surface area contributed by atoms with Gasteiger partial charge in [0.25, 0.3) is 0 Å². The number of aromatic nitrogens is 2. The van der Waals surface area contributed by atoms with Crippen LogP contribution in [-0.4, -0.2) is 9.78 Å². The van der Waals surface area contributed by atoms with Gasteiger partial charge in [-0.25, -0.2) is 0 Å². The highest BCUT2D eigenvalue weighted by Gasteiger charge is 2.11. The van der Waals surface area contributed by atoms with E-state index in [1.807, 2.05) is 42.1 Å². The van der Waals surface area contributed by atoms with E-state index >= 15 is 0 Å². The zero-order valence-corrected chi connectivity index (χ0v) is 13.9. The van der Waals surface area contributed by atoms with Crippen LogP contribution in [0.2, 0.25) is 5.02 Å². The quantitative estimate of drug-likeness (QED) is 0.627. The van der Waals surface area contributed by atoms with E-state index in [0.717, 1.165) is 27.9 Å². The summed E-state index contributed by atoms with van der Waals surface area (Å²) in [6.07, 6.45) is 0. The van der Waals surface area contributed by atoms with Gasteiger partial charge in [0.1, 0.15) is 18.1 Å². The molecule has 0 unspecified atom stereocenters. The Morgan fingerprint density at radius 3 is 2.81 bits per heavy atom. The molecular weight excluding hydrogens is 352 g/mol. The van der Waals surface area contributed by atoms with E-state index < -0.39 is 0 Å². The second-order valence-corrected chi connectivity index (χ2v) is 5.69. The Hall–Kier alpha value is -1.52. The Labute approximate surface area is 136 Å². The van der Waals surface area contributed by atoms with Crippen molar-refractivity contribution in [1.82, 2.24) is 9.78 Å². The molecule has 0 aliphatic carbocycles. The van der Waals surface area contributed by atoms with Crippen molar-refractivity contribution in [3.05, 3.63) is 58.7 Å². The molecule has 3 nitrogen and oxygen atoms in total. The third-order valence-electron chi connectivity index (χ3n) is 3.41. The van der Waals surface area contributed by atoms with E-state index in [2.05, 4.69) is 33.2 Å². The number of alkyl halides is 1. The van der Waals surface area contributed by atoms with E-state index in [4.69, 9.17) is 16.3 Å². The van der Waals surface area contributed by atoms with Crippen LogP contribution in [0.5, 0.6) is 5.75 Å². The zero-order chi connectivity index (χ0) is 14.8. The molecule has 3 aromatic rings. The van der Waals surface area contributed by atoms with Gasteiger partial charge in [-0.05, 0) is 18.2 Å². The fourth-order valence-electron chi connectivity index (χ4n) is 2.35. The minimum absolute atomic E-state index is 0.418. The maximum Gasteiger partial charge on any atom is 0.133 e. The fraction of sp³-hybridized carbons (Fsp3) is 0.188. The van der Waals surface area contributed by atoms with Crippen LogP contribution in [-0.2, 0) is 19.0 Å². The molecule has 0 atom stereocenters. The van der Waals surface area contributed by atoms with Gasteiger partial charge in [0.2, 0.25) is 0 Å². The third-order valence-corrected chi connectivity index (χ3v) is 4.32. The predicted molar refractivity (Wildman–Crippen MR) is 89.1 cm³/mol. The summed E-state index contributed by atoms with van der Waals surface area (Å²) in [6, 6.07) is 13.8. The first kappa shape index (κ1) is 14.4. The first-order valence-electron chi connectivity index (χ1n) is 6.57. The molecule has 0 fully saturated rings. The molecule has 0 bridgehead atoms. The maximum absolute atomic E-state index is 6.18. The van der Waals surface area contributed by atoms with Gasteiger partial charge in [-0.15, -0.1) is 0 Å². The average Bonchev–Trinajstić information content (AvgIpc) is 2.82. The molecule has 1 heterocycles. The highest BCUT2D eigenvalue weighted by molar-refractivity contribution is 9.08. The van der Waals surface area contributed by atoms with Crippen molar-refractivity contribution in [2.45, 2.75) is 11.9 Å². The van der Waals surface area contributed by atoms with Crippen LogP contribution in [0.1, 0.15) is 11.3 Å². The van der Waals surface area contributed by atoms with Gasteiger partial charge >= 0.3 is 0 Å². The van der Waals surface area contributed by atoms with Gasteiger partial charge in [-0.3, -0.25) is 4.68 Å². The van der Waals surface area contributed by atoms with Crippen LogP contribution < -0.4 is 4.74 Å². The van der Waals surface area contributed by atoms with Gasteiger partial charge in [0.05, 0.1) is 5.52 Å². The van der Waals surface area contributed by atoms with Crippen LogP contribution in [0, 0.1) is 0 Å². The lowest BCUT2D eigenvalue weighted by atomic mass is 10.2. The molecule has 2 aromatic carbocycles. The third kappa shape index (κ3) is 2.78. The molecule has 0 aliphatic rings. The normalized spacial score (nSPS) is 11.0. The van der Waals surface area contributed by atoms with Gasteiger partial charge in [-0.2, -0.15) is 5.10 Å². The summed E-state index contributed by atoms with van der Waals surface area (Å²) in [7, 11) is 1.94. The summed E-state index contributed by atoms with van der Waals surface area (Å²) in [5.41, 5.74) is 2.98. The molecule has 5 heteroatoms. The number of halogens is 2. The van der Waals surface area contributed by atoms with Crippen molar-refractivity contribution in [3.8, 4) is 5.75 Å². The molecule has 108 valence electrons. The fourth-order valence-corrected chi connectivity index (χ4v) is 3.32. The minimum atomic E-state index is 0.418. The molecular formula is C16H14BrClN2O. The molecule has 0 N–H and O–H groups in total. The molecule has 0 saturated carbocycles. The zero-order valence-electron chi connectivity index (χ0n) is 11.5. The van der Waals surface area contributed by atoms with E-state index in [9.17, 15) is 0 Å².